The lowest BCUT2D eigenvalue weighted by Gasteiger charge is -2.38. The molecule has 2 fully saturated rings. The minimum atomic E-state index is -0.443. The van der Waals surface area contributed by atoms with Gasteiger partial charge in [0.1, 0.15) is 6.10 Å². The first-order chi connectivity index (χ1) is 7.83. The third kappa shape index (κ3) is 1.63. The topological polar surface area (TPSA) is 46.5 Å². The molecule has 3 unspecified atom stereocenters. The van der Waals surface area contributed by atoms with Crippen LogP contribution in [0.3, 0.4) is 0 Å². The fourth-order valence-electron chi connectivity index (χ4n) is 3.59. The highest BCUT2D eigenvalue weighted by atomic mass is 16.5. The van der Waals surface area contributed by atoms with E-state index in [1.54, 1.807) is 0 Å². The maximum atomic E-state index is 11.7. The summed E-state index contributed by atoms with van der Waals surface area (Å²) in [7, 11) is 0. The molecule has 0 radical (unpaired) electrons. The van der Waals surface area contributed by atoms with Crippen LogP contribution in [0, 0.1) is 16.7 Å². The average Bonchev–Trinajstić information content (AvgIpc) is 2.60. The summed E-state index contributed by atoms with van der Waals surface area (Å²) in [6, 6.07) is 0. The molecule has 2 aliphatic rings. The monoisotopic (exact) mass is 238 g/mol. The molecule has 0 aromatic rings. The van der Waals surface area contributed by atoms with E-state index in [2.05, 4.69) is 27.4 Å². The van der Waals surface area contributed by atoms with Crippen molar-refractivity contribution >= 4 is 5.97 Å². The van der Waals surface area contributed by atoms with Crippen LogP contribution in [0.5, 0.6) is 0 Å². The Bertz CT molecular complexity index is 358. The number of carbonyl (C=O) groups excluding carboxylic acids is 1. The molecule has 3 atom stereocenters. The highest BCUT2D eigenvalue weighted by Gasteiger charge is 2.62. The summed E-state index contributed by atoms with van der Waals surface area (Å²) in [6.07, 6.45) is 3.28. The van der Waals surface area contributed by atoms with Gasteiger partial charge in [-0.15, -0.1) is 0 Å². The van der Waals surface area contributed by atoms with Crippen LogP contribution in [-0.2, 0) is 9.53 Å². The van der Waals surface area contributed by atoms with Crippen LogP contribution in [-0.4, -0.2) is 23.8 Å². The smallest absolute Gasteiger partial charge is 0.336 e. The van der Waals surface area contributed by atoms with Gasteiger partial charge in [-0.3, -0.25) is 0 Å². The van der Waals surface area contributed by atoms with Gasteiger partial charge in [0, 0.05) is 5.41 Å². The molecule has 1 N–H and O–H groups in total. The van der Waals surface area contributed by atoms with Crippen LogP contribution >= 0.6 is 0 Å². The van der Waals surface area contributed by atoms with Gasteiger partial charge in [-0.25, -0.2) is 4.79 Å². The summed E-state index contributed by atoms with van der Waals surface area (Å²) in [6.45, 7) is 9.96. The van der Waals surface area contributed by atoms with Gasteiger partial charge in [0.05, 0.1) is 12.2 Å². The number of ether oxygens (including phenoxy) is 1. The van der Waals surface area contributed by atoms with E-state index in [4.69, 9.17) is 9.84 Å². The molecule has 0 aliphatic heterocycles. The molecule has 2 rings (SSSR count). The minimum absolute atomic E-state index is 0.0213. The van der Waals surface area contributed by atoms with Crippen molar-refractivity contribution in [1.29, 1.82) is 0 Å². The Hall–Kier alpha value is -0.830. The van der Waals surface area contributed by atoms with E-state index in [9.17, 15) is 4.79 Å². The van der Waals surface area contributed by atoms with Crippen LogP contribution in [0.15, 0.2) is 12.2 Å². The number of aliphatic hydroxyl groups is 1. The third-order valence-corrected chi connectivity index (χ3v) is 5.44. The maximum Gasteiger partial charge on any atom is 0.336 e. The molecule has 0 heterocycles. The van der Waals surface area contributed by atoms with Crippen LogP contribution in [0.2, 0.25) is 0 Å². The molecule has 2 bridgehead atoms. The quantitative estimate of drug-likeness (QED) is 0.606. The second-order valence-corrected chi connectivity index (χ2v) is 6.27. The lowest BCUT2D eigenvalue weighted by atomic mass is 9.70. The van der Waals surface area contributed by atoms with Gasteiger partial charge in [0.2, 0.25) is 0 Å². The van der Waals surface area contributed by atoms with E-state index in [0.717, 1.165) is 12.8 Å². The number of esters is 1. The molecular formula is C14H22O3. The van der Waals surface area contributed by atoms with Gasteiger partial charge >= 0.3 is 5.97 Å². The largest absolute Gasteiger partial charge is 0.458 e. The molecule has 0 aromatic heterocycles. The van der Waals surface area contributed by atoms with E-state index in [1.165, 1.54) is 6.42 Å². The van der Waals surface area contributed by atoms with Gasteiger partial charge in [-0.2, -0.15) is 0 Å². The number of carbonyl (C=O) groups is 1. The van der Waals surface area contributed by atoms with Gasteiger partial charge in [0.25, 0.3) is 0 Å². The number of fused-ring (bicyclic) bond motifs is 2. The normalized spacial score (nSPS) is 38.1. The van der Waals surface area contributed by atoms with Crippen molar-refractivity contribution in [2.24, 2.45) is 16.7 Å². The number of aliphatic hydroxyl groups excluding tert-OH is 1. The summed E-state index contributed by atoms with van der Waals surface area (Å²) in [5, 5.41) is 8.88. The molecule has 0 spiro atoms. The van der Waals surface area contributed by atoms with E-state index in [-0.39, 0.29) is 29.1 Å². The zero-order valence-electron chi connectivity index (χ0n) is 11.0. The zero-order valence-corrected chi connectivity index (χ0v) is 11.0. The number of hydrogen-bond donors (Lipinski definition) is 1. The first-order valence-electron chi connectivity index (χ1n) is 6.32. The van der Waals surface area contributed by atoms with E-state index >= 15 is 0 Å². The van der Waals surface area contributed by atoms with Gasteiger partial charge in [-0.1, -0.05) is 27.4 Å². The van der Waals surface area contributed by atoms with Crippen LogP contribution in [0.25, 0.3) is 0 Å². The summed E-state index contributed by atoms with van der Waals surface area (Å²) in [4.78, 5) is 11.7. The van der Waals surface area contributed by atoms with Crippen molar-refractivity contribution in [3.8, 4) is 0 Å². The summed E-state index contributed by atoms with van der Waals surface area (Å²) in [5.41, 5.74) is 0.454. The van der Waals surface area contributed by atoms with Gasteiger partial charge in [0.15, 0.2) is 0 Å². The predicted octanol–water partition coefficient (Wildman–Crippen LogP) is 2.29. The molecule has 96 valence electrons. The molecule has 0 amide bonds. The Kier molecular flexibility index (Phi) is 2.85. The Morgan fingerprint density at radius 2 is 2.12 bits per heavy atom. The van der Waals surface area contributed by atoms with Gasteiger partial charge in [-0.05, 0) is 30.6 Å². The van der Waals surface area contributed by atoms with Crippen molar-refractivity contribution in [3.05, 3.63) is 12.2 Å². The Labute approximate surface area is 103 Å². The molecule has 0 saturated heterocycles. The van der Waals surface area contributed by atoms with Crippen molar-refractivity contribution in [2.75, 3.05) is 6.61 Å². The number of rotatable bonds is 3. The van der Waals surface area contributed by atoms with E-state index < -0.39 is 5.97 Å². The highest BCUT2D eigenvalue weighted by molar-refractivity contribution is 5.88. The number of hydrogen-bond acceptors (Lipinski definition) is 3. The Morgan fingerprint density at radius 1 is 1.47 bits per heavy atom. The SMILES string of the molecule is C=C(CO)C(=O)OC1CC2CCC1(C)C2(C)C. The van der Waals surface area contributed by atoms with E-state index in [0.29, 0.717) is 5.92 Å². The molecule has 3 heteroatoms. The standard InChI is InChI=1S/C14H22O3/c1-9(8-15)12(16)17-11-7-10-5-6-14(11,4)13(10,2)3/h10-11,15H,1,5-8H2,2-4H3. The van der Waals surface area contributed by atoms with Crippen molar-refractivity contribution in [2.45, 2.75) is 46.1 Å². The molecular weight excluding hydrogens is 216 g/mol. The fraction of sp³-hybridized carbons (Fsp3) is 0.786. The van der Waals surface area contributed by atoms with Crippen LogP contribution in [0.1, 0.15) is 40.0 Å². The molecule has 0 aromatic carbocycles. The molecule has 3 nitrogen and oxygen atoms in total. The Morgan fingerprint density at radius 3 is 2.53 bits per heavy atom. The predicted molar refractivity (Wildman–Crippen MR) is 65.3 cm³/mol. The zero-order chi connectivity index (χ0) is 12.8. The van der Waals surface area contributed by atoms with Crippen molar-refractivity contribution in [3.63, 3.8) is 0 Å². The minimum Gasteiger partial charge on any atom is -0.458 e. The molecule has 2 saturated carbocycles. The lowest BCUT2D eigenvalue weighted by molar-refractivity contribution is -0.152. The van der Waals surface area contributed by atoms with E-state index in [1.807, 2.05) is 0 Å². The maximum absolute atomic E-state index is 11.7. The summed E-state index contributed by atoms with van der Waals surface area (Å²) in [5.74, 6) is 0.203. The third-order valence-electron chi connectivity index (χ3n) is 5.44. The first kappa shape index (κ1) is 12.6. The second kappa shape index (κ2) is 3.84. The molecule has 2 aliphatic carbocycles. The second-order valence-electron chi connectivity index (χ2n) is 6.27. The van der Waals surface area contributed by atoms with Crippen LogP contribution in [0.4, 0.5) is 0 Å². The first-order valence-corrected chi connectivity index (χ1v) is 6.32. The fourth-order valence-corrected chi connectivity index (χ4v) is 3.59. The van der Waals surface area contributed by atoms with Crippen LogP contribution < -0.4 is 0 Å². The van der Waals surface area contributed by atoms with Crippen molar-refractivity contribution < 1.29 is 14.6 Å². The van der Waals surface area contributed by atoms with Gasteiger partial charge < -0.3 is 9.84 Å². The highest BCUT2D eigenvalue weighted by Crippen LogP contribution is 2.66. The average molecular weight is 238 g/mol. The lowest BCUT2D eigenvalue weighted by Crippen LogP contribution is -2.38. The summed E-state index contributed by atoms with van der Waals surface area (Å²) >= 11 is 0. The Balaban J connectivity index is 2.11. The molecule has 17 heavy (non-hydrogen) atoms. The summed E-state index contributed by atoms with van der Waals surface area (Å²) < 4.78 is 5.54. The van der Waals surface area contributed by atoms with Crippen molar-refractivity contribution in [1.82, 2.24) is 0 Å².